The second kappa shape index (κ2) is 8.79. The summed E-state index contributed by atoms with van der Waals surface area (Å²) in [5.41, 5.74) is 0.965. The first-order chi connectivity index (χ1) is 12.0. The van der Waals surface area contributed by atoms with E-state index >= 15 is 0 Å². The second-order valence-corrected chi connectivity index (χ2v) is 5.65. The van der Waals surface area contributed by atoms with Crippen molar-refractivity contribution in [2.75, 3.05) is 39.6 Å². The zero-order valence-electron chi connectivity index (χ0n) is 14.6. The number of methoxy groups -OCH3 is 1. The van der Waals surface area contributed by atoms with E-state index in [0.29, 0.717) is 18.0 Å². The van der Waals surface area contributed by atoms with Crippen LogP contribution in [0.4, 0.5) is 5.69 Å². The Bertz CT molecular complexity index is 747. The summed E-state index contributed by atoms with van der Waals surface area (Å²) in [6.07, 6.45) is 0. The minimum absolute atomic E-state index is 0.170. The summed E-state index contributed by atoms with van der Waals surface area (Å²) in [7, 11) is 5.41. The third-order valence-corrected chi connectivity index (χ3v) is 3.39. The van der Waals surface area contributed by atoms with Gasteiger partial charge < -0.3 is 20.3 Å². The van der Waals surface area contributed by atoms with Gasteiger partial charge in [0.15, 0.2) is 0 Å². The van der Waals surface area contributed by atoms with E-state index in [2.05, 4.69) is 15.6 Å². The molecule has 0 fully saturated rings. The molecule has 1 aromatic carbocycles. The average Bonchev–Trinajstić information content (AvgIpc) is 2.61. The van der Waals surface area contributed by atoms with Gasteiger partial charge in [-0.1, -0.05) is 12.1 Å². The van der Waals surface area contributed by atoms with Crippen molar-refractivity contribution in [1.29, 1.82) is 0 Å². The van der Waals surface area contributed by atoms with Gasteiger partial charge in [-0.3, -0.25) is 9.59 Å². The minimum atomic E-state index is -0.392. The van der Waals surface area contributed by atoms with Crippen LogP contribution in [0.15, 0.2) is 42.5 Å². The topological polar surface area (TPSA) is 83.6 Å². The number of hydrogen-bond acceptors (Lipinski definition) is 5. The van der Waals surface area contributed by atoms with Crippen LogP contribution in [-0.2, 0) is 0 Å². The van der Waals surface area contributed by atoms with Crippen molar-refractivity contribution in [1.82, 2.24) is 15.2 Å². The monoisotopic (exact) mass is 342 g/mol. The van der Waals surface area contributed by atoms with Gasteiger partial charge in [-0.05, 0) is 38.4 Å². The van der Waals surface area contributed by atoms with Crippen molar-refractivity contribution in [3.8, 4) is 5.75 Å². The van der Waals surface area contributed by atoms with Gasteiger partial charge in [-0.25, -0.2) is 4.98 Å². The number of pyridine rings is 1. The standard InChI is InChI=1S/C18H22N4O3/c1-22(2)11-10-19-17(23)15-8-5-9-16(21-15)18(24)20-13-6-4-7-14(12-13)25-3/h4-9,12H,10-11H2,1-3H3,(H,19,23)(H,20,24). The molecule has 0 bridgehead atoms. The van der Waals surface area contributed by atoms with E-state index in [0.717, 1.165) is 6.54 Å². The van der Waals surface area contributed by atoms with Crippen molar-refractivity contribution in [3.05, 3.63) is 53.9 Å². The molecule has 1 aromatic heterocycles. The third-order valence-electron chi connectivity index (χ3n) is 3.39. The van der Waals surface area contributed by atoms with Crippen molar-refractivity contribution in [2.45, 2.75) is 0 Å². The summed E-state index contributed by atoms with van der Waals surface area (Å²) in [4.78, 5) is 30.5. The molecule has 0 atom stereocenters. The van der Waals surface area contributed by atoms with Crippen LogP contribution in [0.5, 0.6) is 5.75 Å². The summed E-state index contributed by atoms with van der Waals surface area (Å²) in [5, 5.41) is 5.51. The van der Waals surface area contributed by atoms with E-state index in [-0.39, 0.29) is 17.3 Å². The van der Waals surface area contributed by atoms with Crippen LogP contribution in [0.2, 0.25) is 0 Å². The van der Waals surface area contributed by atoms with E-state index in [9.17, 15) is 9.59 Å². The Hall–Kier alpha value is -2.93. The number of amides is 2. The predicted octanol–water partition coefficient (Wildman–Crippen LogP) is 1.63. The van der Waals surface area contributed by atoms with Gasteiger partial charge >= 0.3 is 0 Å². The maximum absolute atomic E-state index is 12.3. The Morgan fingerprint density at radius 3 is 2.44 bits per heavy atom. The molecule has 0 aliphatic heterocycles. The van der Waals surface area contributed by atoms with E-state index in [1.54, 1.807) is 49.6 Å². The molecule has 132 valence electrons. The van der Waals surface area contributed by atoms with Gasteiger partial charge in [0.2, 0.25) is 0 Å². The molecule has 0 radical (unpaired) electrons. The number of hydrogen-bond donors (Lipinski definition) is 2. The smallest absolute Gasteiger partial charge is 0.274 e. The quantitative estimate of drug-likeness (QED) is 0.799. The highest BCUT2D eigenvalue weighted by Crippen LogP contribution is 2.17. The van der Waals surface area contributed by atoms with E-state index in [1.165, 1.54) is 0 Å². The van der Waals surface area contributed by atoms with E-state index in [4.69, 9.17) is 4.74 Å². The lowest BCUT2D eigenvalue weighted by molar-refractivity contribution is 0.0946. The normalized spacial score (nSPS) is 10.4. The van der Waals surface area contributed by atoms with Gasteiger partial charge in [0.1, 0.15) is 17.1 Å². The summed E-state index contributed by atoms with van der Waals surface area (Å²) >= 11 is 0. The van der Waals surface area contributed by atoms with Crippen molar-refractivity contribution < 1.29 is 14.3 Å². The second-order valence-electron chi connectivity index (χ2n) is 5.65. The Balaban J connectivity index is 2.04. The zero-order chi connectivity index (χ0) is 18.2. The van der Waals surface area contributed by atoms with Crippen LogP contribution in [0.25, 0.3) is 0 Å². The summed E-state index contributed by atoms with van der Waals surface area (Å²) in [6, 6.07) is 11.8. The minimum Gasteiger partial charge on any atom is -0.497 e. The molecule has 2 N–H and O–H groups in total. The molecule has 0 unspecified atom stereocenters. The lowest BCUT2D eigenvalue weighted by Gasteiger charge is -2.10. The Morgan fingerprint density at radius 1 is 1.08 bits per heavy atom. The van der Waals surface area contributed by atoms with Crippen LogP contribution >= 0.6 is 0 Å². The molecule has 0 aliphatic carbocycles. The number of benzene rings is 1. The molecule has 0 saturated carbocycles. The number of rotatable bonds is 7. The van der Waals surface area contributed by atoms with Gasteiger partial charge in [0, 0.05) is 24.8 Å². The maximum atomic E-state index is 12.3. The van der Waals surface area contributed by atoms with Crippen molar-refractivity contribution >= 4 is 17.5 Å². The number of carbonyl (C=O) groups excluding carboxylic acids is 2. The number of likely N-dealkylation sites (N-methyl/N-ethyl adjacent to an activating group) is 1. The van der Waals surface area contributed by atoms with Crippen LogP contribution in [0.3, 0.4) is 0 Å². The van der Waals surface area contributed by atoms with Gasteiger partial charge in [-0.2, -0.15) is 0 Å². The third kappa shape index (κ3) is 5.58. The molecular formula is C18H22N4O3. The van der Waals surface area contributed by atoms with Crippen molar-refractivity contribution in [2.24, 2.45) is 0 Å². The zero-order valence-corrected chi connectivity index (χ0v) is 14.6. The lowest BCUT2D eigenvalue weighted by Crippen LogP contribution is -2.32. The van der Waals surface area contributed by atoms with Crippen LogP contribution < -0.4 is 15.4 Å². The molecule has 0 spiro atoms. The summed E-state index contributed by atoms with van der Waals surface area (Å²) in [6.45, 7) is 1.23. The molecule has 0 saturated heterocycles. The van der Waals surface area contributed by atoms with Gasteiger partial charge in [0.05, 0.1) is 7.11 Å². The fourth-order valence-electron chi connectivity index (χ4n) is 2.07. The molecule has 7 heteroatoms. The van der Waals surface area contributed by atoms with Crippen LogP contribution in [-0.4, -0.2) is 56.0 Å². The van der Waals surface area contributed by atoms with Crippen LogP contribution in [0, 0.1) is 0 Å². The van der Waals surface area contributed by atoms with Gasteiger partial charge in [-0.15, -0.1) is 0 Å². The van der Waals surface area contributed by atoms with Gasteiger partial charge in [0.25, 0.3) is 11.8 Å². The fourth-order valence-corrected chi connectivity index (χ4v) is 2.07. The SMILES string of the molecule is COc1cccc(NC(=O)c2cccc(C(=O)NCCN(C)C)n2)c1. The fraction of sp³-hybridized carbons (Fsp3) is 0.278. The van der Waals surface area contributed by atoms with Crippen molar-refractivity contribution in [3.63, 3.8) is 0 Å². The first-order valence-corrected chi connectivity index (χ1v) is 7.85. The maximum Gasteiger partial charge on any atom is 0.274 e. The molecule has 1 heterocycles. The Labute approximate surface area is 147 Å². The molecular weight excluding hydrogens is 320 g/mol. The number of nitrogens with one attached hydrogen (secondary N) is 2. The summed E-state index contributed by atoms with van der Waals surface area (Å²) in [5.74, 6) is -0.0612. The predicted molar refractivity (Wildman–Crippen MR) is 96.1 cm³/mol. The number of carbonyl (C=O) groups is 2. The number of aromatic nitrogens is 1. The van der Waals surface area contributed by atoms with Crippen LogP contribution in [0.1, 0.15) is 21.0 Å². The number of anilines is 1. The number of nitrogens with zero attached hydrogens (tertiary/aromatic N) is 2. The highest BCUT2D eigenvalue weighted by molar-refractivity contribution is 6.03. The molecule has 2 amide bonds. The molecule has 0 aliphatic rings. The first kappa shape index (κ1) is 18.4. The molecule has 2 aromatic rings. The first-order valence-electron chi connectivity index (χ1n) is 7.85. The molecule has 25 heavy (non-hydrogen) atoms. The largest absolute Gasteiger partial charge is 0.497 e. The average molecular weight is 342 g/mol. The Kier molecular flexibility index (Phi) is 6.47. The highest BCUT2D eigenvalue weighted by atomic mass is 16.5. The van der Waals surface area contributed by atoms with E-state index in [1.807, 2.05) is 19.0 Å². The lowest BCUT2D eigenvalue weighted by atomic mass is 10.2. The van der Waals surface area contributed by atoms with E-state index < -0.39 is 5.91 Å². The molecule has 2 rings (SSSR count). The number of ether oxygens (including phenoxy) is 1. The summed E-state index contributed by atoms with van der Waals surface area (Å²) < 4.78 is 5.12. The Morgan fingerprint density at radius 2 is 1.76 bits per heavy atom. The highest BCUT2D eigenvalue weighted by Gasteiger charge is 2.12. The molecule has 7 nitrogen and oxygen atoms in total.